The SMILES string of the molecule is Nc1cc(C2CCSC2)cnc1C(=O)O. The van der Waals surface area contributed by atoms with Crippen LogP contribution in [0.5, 0.6) is 0 Å². The van der Waals surface area contributed by atoms with Gasteiger partial charge in [0.05, 0.1) is 5.69 Å². The van der Waals surface area contributed by atoms with Crippen molar-refractivity contribution >= 4 is 23.4 Å². The number of nitrogen functional groups attached to an aromatic ring is 1. The Morgan fingerprint density at radius 1 is 1.67 bits per heavy atom. The van der Waals surface area contributed by atoms with Crippen molar-refractivity contribution in [1.82, 2.24) is 4.98 Å². The van der Waals surface area contributed by atoms with Crippen LogP contribution in [-0.2, 0) is 0 Å². The molecule has 1 aliphatic rings. The van der Waals surface area contributed by atoms with Crippen LogP contribution in [0.2, 0.25) is 0 Å². The first-order chi connectivity index (χ1) is 7.18. The van der Waals surface area contributed by atoms with Crippen molar-refractivity contribution in [2.45, 2.75) is 12.3 Å². The van der Waals surface area contributed by atoms with Gasteiger partial charge in [0, 0.05) is 11.9 Å². The number of hydrogen-bond acceptors (Lipinski definition) is 4. The van der Waals surface area contributed by atoms with Crippen LogP contribution >= 0.6 is 11.8 Å². The molecule has 0 radical (unpaired) electrons. The fourth-order valence-electron chi connectivity index (χ4n) is 1.70. The van der Waals surface area contributed by atoms with E-state index >= 15 is 0 Å². The monoisotopic (exact) mass is 224 g/mol. The van der Waals surface area contributed by atoms with Gasteiger partial charge in [-0.2, -0.15) is 11.8 Å². The highest BCUT2D eigenvalue weighted by Gasteiger charge is 2.19. The summed E-state index contributed by atoms with van der Waals surface area (Å²) in [6.07, 6.45) is 2.76. The molecule has 1 saturated heterocycles. The number of hydrogen-bond donors (Lipinski definition) is 2. The number of rotatable bonds is 2. The van der Waals surface area contributed by atoms with Crippen LogP contribution < -0.4 is 5.73 Å². The molecule has 1 aliphatic heterocycles. The Morgan fingerprint density at radius 3 is 3.00 bits per heavy atom. The van der Waals surface area contributed by atoms with Gasteiger partial charge in [-0.05, 0) is 29.7 Å². The summed E-state index contributed by atoms with van der Waals surface area (Å²) < 4.78 is 0. The van der Waals surface area contributed by atoms with Crippen molar-refractivity contribution in [3.63, 3.8) is 0 Å². The van der Waals surface area contributed by atoms with Crippen LogP contribution in [0.25, 0.3) is 0 Å². The molecule has 1 atom stereocenters. The highest BCUT2D eigenvalue weighted by atomic mass is 32.2. The lowest BCUT2D eigenvalue weighted by Crippen LogP contribution is -2.07. The van der Waals surface area contributed by atoms with Crippen molar-refractivity contribution < 1.29 is 9.90 Å². The molecule has 15 heavy (non-hydrogen) atoms. The number of carbonyl (C=O) groups is 1. The van der Waals surface area contributed by atoms with E-state index in [1.54, 1.807) is 12.3 Å². The lowest BCUT2D eigenvalue weighted by atomic mass is 10.00. The van der Waals surface area contributed by atoms with Crippen LogP contribution in [0.1, 0.15) is 28.4 Å². The zero-order valence-corrected chi connectivity index (χ0v) is 8.96. The third-order valence-corrected chi connectivity index (χ3v) is 3.70. The smallest absolute Gasteiger partial charge is 0.356 e. The fourth-order valence-corrected chi connectivity index (χ4v) is 2.96. The van der Waals surface area contributed by atoms with E-state index in [1.807, 2.05) is 11.8 Å². The minimum Gasteiger partial charge on any atom is -0.476 e. The van der Waals surface area contributed by atoms with Gasteiger partial charge in [0.2, 0.25) is 0 Å². The van der Waals surface area contributed by atoms with Crippen molar-refractivity contribution in [2.24, 2.45) is 0 Å². The maximum atomic E-state index is 10.7. The van der Waals surface area contributed by atoms with Crippen molar-refractivity contribution in [3.05, 3.63) is 23.5 Å². The summed E-state index contributed by atoms with van der Waals surface area (Å²) in [6, 6.07) is 1.74. The Bertz CT molecular complexity index is 389. The second-order valence-corrected chi connectivity index (χ2v) is 4.72. The first kappa shape index (κ1) is 10.3. The second-order valence-electron chi connectivity index (χ2n) is 3.57. The molecule has 1 aromatic rings. The highest BCUT2D eigenvalue weighted by molar-refractivity contribution is 7.99. The highest BCUT2D eigenvalue weighted by Crippen LogP contribution is 2.32. The van der Waals surface area contributed by atoms with Gasteiger partial charge in [-0.25, -0.2) is 9.78 Å². The van der Waals surface area contributed by atoms with Gasteiger partial charge in [-0.15, -0.1) is 0 Å². The number of carboxylic acids is 1. The molecule has 0 aromatic carbocycles. The van der Waals surface area contributed by atoms with Crippen LogP contribution in [0.3, 0.4) is 0 Å². The standard InChI is InChI=1S/C10H12N2O2S/c11-8-3-7(6-1-2-15-5-6)4-12-9(8)10(13)14/h3-4,6H,1-2,5,11H2,(H,13,14). The number of aromatic nitrogens is 1. The third-order valence-electron chi connectivity index (χ3n) is 2.54. The molecule has 80 valence electrons. The van der Waals surface area contributed by atoms with Gasteiger partial charge in [-0.3, -0.25) is 0 Å². The quantitative estimate of drug-likeness (QED) is 0.797. The number of anilines is 1. The molecule has 4 nitrogen and oxygen atoms in total. The number of carboxylic acid groups (broad SMARTS) is 1. The topological polar surface area (TPSA) is 76.2 Å². The molecule has 0 saturated carbocycles. The summed E-state index contributed by atoms with van der Waals surface area (Å²) in [6.45, 7) is 0. The molecule has 0 amide bonds. The van der Waals surface area contributed by atoms with Crippen LogP contribution in [-0.4, -0.2) is 27.6 Å². The van der Waals surface area contributed by atoms with Gasteiger partial charge >= 0.3 is 5.97 Å². The number of nitrogens with two attached hydrogens (primary N) is 1. The van der Waals surface area contributed by atoms with E-state index in [-0.39, 0.29) is 11.4 Å². The number of nitrogens with zero attached hydrogens (tertiary/aromatic N) is 1. The lowest BCUT2D eigenvalue weighted by Gasteiger charge is -2.09. The Morgan fingerprint density at radius 2 is 2.47 bits per heavy atom. The summed E-state index contributed by atoms with van der Waals surface area (Å²) in [7, 11) is 0. The molecule has 3 N–H and O–H groups in total. The molecule has 0 spiro atoms. The lowest BCUT2D eigenvalue weighted by molar-refractivity contribution is 0.0692. The first-order valence-corrected chi connectivity index (χ1v) is 5.90. The minimum absolute atomic E-state index is 0.0515. The summed E-state index contributed by atoms with van der Waals surface area (Å²) in [5, 5.41) is 8.78. The number of aromatic carboxylic acids is 1. The molecule has 1 unspecified atom stereocenters. The van der Waals surface area contributed by atoms with E-state index in [9.17, 15) is 4.79 Å². The molecule has 1 fully saturated rings. The molecular formula is C10H12N2O2S. The zero-order chi connectivity index (χ0) is 10.8. The Hall–Kier alpha value is -1.23. The van der Waals surface area contributed by atoms with E-state index in [4.69, 9.17) is 10.8 Å². The zero-order valence-electron chi connectivity index (χ0n) is 8.14. The molecule has 0 bridgehead atoms. The van der Waals surface area contributed by atoms with E-state index in [1.165, 1.54) is 0 Å². The van der Waals surface area contributed by atoms with E-state index in [0.29, 0.717) is 5.92 Å². The summed E-state index contributed by atoms with van der Waals surface area (Å²) in [5.74, 6) is 1.64. The normalized spacial score (nSPS) is 20.4. The van der Waals surface area contributed by atoms with Gasteiger partial charge in [0.15, 0.2) is 5.69 Å². The van der Waals surface area contributed by atoms with Gasteiger partial charge in [-0.1, -0.05) is 0 Å². The van der Waals surface area contributed by atoms with E-state index in [2.05, 4.69) is 4.98 Å². The molecule has 2 rings (SSSR count). The number of pyridine rings is 1. The van der Waals surface area contributed by atoms with Crippen LogP contribution in [0.15, 0.2) is 12.3 Å². The summed E-state index contributed by atoms with van der Waals surface area (Å²) in [5.41, 5.74) is 6.91. The molecule has 2 heterocycles. The molecule has 5 heteroatoms. The average molecular weight is 224 g/mol. The van der Waals surface area contributed by atoms with E-state index in [0.717, 1.165) is 23.5 Å². The summed E-state index contributed by atoms with van der Waals surface area (Å²) >= 11 is 1.91. The van der Waals surface area contributed by atoms with Crippen molar-refractivity contribution in [2.75, 3.05) is 17.2 Å². The predicted molar refractivity (Wildman–Crippen MR) is 60.3 cm³/mol. The molecular weight excluding hydrogens is 212 g/mol. The Labute approximate surface area is 91.9 Å². The maximum absolute atomic E-state index is 10.7. The second kappa shape index (κ2) is 4.10. The fraction of sp³-hybridized carbons (Fsp3) is 0.400. The largest absolute Gasteiger partial charge is 0.476 e. The van der Waals surface area contributed by atoms with Crippen molar-refractivity contribution in [1.29, 1.82) is 0 Å². The maximum Gasteiger partial charge on any atom is 0.356 e. The number of thioether (sulfide) groups is 1. The van der Waals surface area contributed by atoms with Crippen molar-refractivity contribution in [3.8, 4) is 0 Å². The Kier molecular flexibility index (Phi) is 2.81. The Balaban J connectivity index is 2.28. The van der Waals surface area contributed by atoms with Gasteiger partial charge in [0.1, 0.15) is 0 Å². The van der Waals surface area contributed by atoms with Crippen LogP contribution in [0, 0.1) is 0 Å². The predicted octanol–water partition coefficient (Wildman–Crippen LogP) is 1.58. The third kappa shape index (κ3) is 2.07. The summed E-state index contributed by atoms with van der Waals surface area (Å²) in [4.78, 5) is 14.6. The molecule has 0 aliphatic carbocycles. The first-order valence-electron chi connectivity index (χ1n) is 4.75. The average Bonchev–Trinajstić information content (AvgIpc) is 2.69. The minimum atomic E-state index is -1.07. The van der Waals surface area contributed by atoms with E-state index < -0.39 is 5.97 Å². The van der Waals surface area contributed by atoms with Gasteiger partial charge in [0.25, 0.3) is 0 Å². The molecule has 1 aromatic heterocycles. The van der Waals surface area contributed by atoms with Gasteiger partial charge < -0.3 is 10.8 Å². The van der Waals surface area contributed by atoms with Crippen LogP contribution in [0.4, 0.5) is 5.69 Å².